The van der Waals surface area contributed by atoms with E-state index >= 15 is 0 Å². The monoisotopic (exact) mass is 391 g/mol. The number of nitrogens with one attached hydrogen (secondary N) is 1. The molecule has 0 aliphatic rings. The van der Waals surface area contributed by atoms with Gasteiger partial charge in [-0.1, -0.05) is 11.8 Å². The SMILES string of the molecule is CC(Sc1ncc(-c2ccc(F)cc2)o1)C(=O)Nc1sccc1C(N)=O. The number of thiophene rings is 1. The Hall–Kier alpha value is -2.65. The number of benzene rings is 1. The number of nitrogens with zero attached hydrogens (tertiary/aromatic N) is 1. The van der Waals surface area contributed by atoms with Crippen molar-refractivity contribution < 1.29 is 18.4 Å². The van der Waals surface area contributed by atoms with Crippen molar-refractivity contribution in [1.82, 2.24) is 4.98 Å². The molecule has 0 saturated heterocycles. The van der Waals surface area contributed by atoms with Gasteiger partial charge in [0.15, 0.2) is 5.76 Å². The van der Waals surface area contributed by atoms with Crippen LogP contribution in [0.15, 0.2) is 51.5 Å². The van der Waals surface area contributed by atoms with Crippen molar-refractivity contribution in [2.75, 3.05) is 5.32 Å². The van der Waals surface area contributed by atoms with Gasteiger partial charge in [0.25, 0.3) is 11.1 Å². The number of amides is 2. The van der Waals surface area contributed by atoms with E-state index in [1.165, 1.54) is 29.7 Å². The number of carbonyl (C=O) groups excluding carboxylic acids is 2. The van der Waals surface area contributed by atoms with Gasteiger partial charge in [-0.2, -0.15) is 0 Å². The van der Waals surface area contributed by atoms with Crippen molar-refractivity contribution in [3.63, 3.8) is 0 Å². The number of halogens is 1. The number of hydrogen-bond acceptors (Lipinski definition) is 6. The van der Waals surface area contributed by atoms with Crippen molar-refractivity contribution >= 4 is 39.9 Å². The Morgan fingerprint density at radius 2 is 2.04 bits per heavy atom. The summed E-state index contributed by atoms with van der Waals surface area (Å²) in [5.74, 6) is -0.758. The van der Waals surface area contributed by atoms with E-state index in [0.29, 0.717) is 21.5 Å². The topological polar surface area (TPSA) is 98.2 Å². The predicted octanol–water partition coefficient (Wildman–Crippen LogP) is 3.76. The fraction of sp³-hybridized carbons (Fsp3) is 0.118. The maximum Gasteiger partial charge on any atom is 0.256 e. The lowest BCUT2D eigenvalue weighted by molar-refractivity contribution is -0.115. The lowest BCUT2D eigenvalue weighted by Crippen LogP contribution is -2.23. The number of oxazole rings is 1. The van der Waals surface area contributed by atoms with Crippen molar-refractivity contribution in [2.45, 2.75) is 17.4 Å². The van der Waals surface area contributed by atoms with E-state index in [0.717, 1.165) is 11.8 Å². The van der Waals surface area contributed by atoms with Crippen LogP contribution in [0.3, 0.4) is 0 Å². The largest absolute Gasteiger partial charge is 0.431 e. The maximum atomic E-state index is 13.0. The summed E-state index contributed by atoms with van der Waals surface area (Å²) in [5.41, 5.74) is 6.23. The van der Waals surface area contributed by atoms with E-state index in [4.69, 9.17) is 10.2 Å². The van der Waals surface area contributed by atoms with Crippen LogP contribution in [-0.2, 0) is 4.79 Å². The fourth-order valence-electron chi connectivity index (χ4n) is 2.08. The van der Waals surface area contributed by atoms with Crippen molar-refractivity contribution in [3.8, 4) is 11.3 Å². The van der Waals surface area contributed by atoms with Crippen LogP contribution in [-0.4, -0.2) is 22.0 Å². The Labute approximate surface area is 156 Å². The minimum absolute atomic E-state index is 0.273. The number of primary amides is 1. The van der Waals surface area contributed by atoms with Gasteiger partial charge < -0.3 is 15.5 Å². The van der Waals surface area contributed by atoms with Gasteiger partial charge in [0.05, 0.1) is 17.0 Å². The predicted molar refractivity (Wildman–Crippen MR) is 98.7 cm³/mol. The molecule has 1 aromatic carbocycles. The molecule has 2 aromatic heterocycles. The Bertz CT molecular complexity index is 937. The average molecular weight is 391 g/mol. The molecule has 2 heterocycles. The van der Waals surface area contributed by atoms with Crippen LogP contribution in [0, 0.1) is 5.82 Å². The molecule has 0 spiro atoms. The van der Waals surface area contributed by atoms with Crippen molar-refractivity contribution in [1.29, 1.82) is 0 Å². The molecule has 0 saturated carbocycles. The second-order valence-electron chi connectivity index (χ2n) is 5.27. The Morgan fingerprint density at radius 1 is 1.31 bits per heavy atom. The number of anilines is 1. The highest BCUT2D eigenvalue weighted by Crippen LogP contribution is 2.29. The van der Waals surface area contributed by atoms with E-state index < -0.39 is 11.2 Å². The second-order valence-corrected chi connectivity index (χ2v) is 7.48. The minimum atomic E-state index is -0.599. The molecule has 0 aliphatic carbocycles. The second kappa shape index (κ2) is 7.71. The van der Waals surface area contributed by atoms with Crippen molar-refractivity contribution in [2.24, 2.45) is 5.73 Å². The lowest BCUT2D eigenvalue weighted by Gasteiger charge is -2.09. The summed E-state index contributed by atoms with van der Waals surface area (Å²) in [6.07, 6.45) is 1.52. The number of rotatable bonds is 6. The third-order valence-electron chi connectivity index (χ3n) is 3.43. The van der Waals surface area contributed by atoms with Crippen LogP contribution in [0.2, 0.25) is 0 Å². The van der Waals surface area contributed by atoms with Gasteiger partial charge in [-0.3, -0.25) is 9.59 Å². The molecule has 26 heavy (non-hydrogen) atoms. The first-order valence-electron chi connectivity index (χ1n) is 7.50. The van der Waals surface area contributed by atoms with Gasteiger partial charge in [-0.05, 0) is 42.6 Å². The minimum Gasteiger partial charge on any atom is -0.431 e. The maximum absolute atomic E-state index is 13.0. The first-order valence-corrected chi connectivity index (χ1v) is 9.26. The first-order chi connectivity index (χ1) is 12.4. The standard InChI is InChI=1S/C17H14FN3O3S2/c1-9(15(23)21-16-12(14(19)22)6-7-25-16)26-17-20-8-13(24-17)10-2-4-11(18)5-3-10/h2-9H,1H3,(H2,19,22)(H,21,23). The zero-order valence-electron chi connectivity index (χ0n) is 13.6. The van der Waals surface area contributed by atoms with Crippen LogP contribution in [0.1, 0.15) is 17.3 Å². The Morgan fingerprint density at radius 3 is 2.73 bits per heavy atom. The molecule has 0 fully saturated rings. The summed E-state index contributed by atoms with van der Waals surface area (Å²) < 4.78 is 18.6. The van der Waals surface area contributed by atoms with E-state index in [-0.39, 0.29) is 17.3 Å². The van der Waals surface area contributed by atoms with Crippen LogP contribution in [0.4, 0.5) is 9.39 Å². The molecule has 3 N–H and O–H groups in total. The Kier molecular flexibility index (Phi) is 5.38. The van der Waals surface area contributed by atoms with Crippen molar-refractivity contribution in [3.05, 3.63) is 53.3 Å². The van der Waals surface area contributed by atoms with Crippen LogP contribution in [0.25, 0.3) is 11.3 Å². The number of nitrogens with two attached hydrogens (primary N) is 1. The summed E-state index contributed by atoms with van der Waals surface area (Å²) in [4.78, 5) is 27.8. The molecular formula is C17H14FN3O3S2. The molecule has 6 nitrogen and oxygen atoms in total. The Balaban J connectivity index is 1.65. The lowest BCUT2D eigenvalue weighted by atomic mass is 10.2. The molecule has 1 unspecified atom stereocenters. The summed E-state index contributed by atoms with van der Waals surface area (Å²) in [6.45, 7) is 1.69. The van der Waals surface area contributed by atoms with Gasteiger partial charge in [-0.25, -0.2) is 9.37 Å². The number of thioether (sulfide) groups is 1. The van der Waals surface area contributed by atoms with Gasteiger partial charge in [0.1, 0.15) is 10.8 Å². The third kappa shape index (κ3) is 4.12. The van der Waals surface area contributed by atoms with E-state index in [1.807, 2.05) is 0 Å². The number of carbonyl (C=O) groups is 2. The summed E-state index contributed by atoms with van der Waals surface area (Å²) in [5, 5.41) is 4.57. The third-order valence-corrected chi connectivity index (χ3v) is 5.22. The normalized spacial score (nSPS) is 11.9. The van der Waals surface area contributed by atoms with Crippen LogP contribution >= 0.6 is 23.1 Å². The van der Waals surface area contributed by atoms with E-state index in [2.05, 4.69) is 10.3 Å². The van der Waals surface area contributed by atoms with Gasteiger partial charge in [-0.15, -0.1) is 11.3 Å². The molecule has 2 amide bonds. The number of hydrogen-bond donors (Lipinski definition) is 2. The van der Waals surface area contributed by atoms with E-state index in [1.54, 1.807) is 30.5 Å². The summed E-state index contributed by atoms with van der Waals surface area (Å²) >= 11 is 2.35. The highest BCUT2D eigenvalue weighted by Gasteiger charge is 2.20. The summed E-state index contributed by atoms with van der Waals surface area (Å²) in [7, 11) is 0. The van der Waals surface area contributed by atoms with Gasteiger partial charge >= 0.3 is 0 Å². The fourth-order valence-corrected chi connectivity index (χ4v) is 3.59. The average Bonchev–Trinajstić information content (AvgIpc) is 3.25. The highest BCUT2D eigenvalue weighted by atomic mass is 32.2. The summed E-state index contributed by atoms with van der Waals surface area (Å²) in [6, 6.07) is 7.39. The zero-order chi connectivity index (χ0) is 18.7. The molecule has 1 atom stereocenters. The molecule has 3 rings (SSSR count). The molecule has 3 aromatic rings. The van der Waals surface area contributed by atoms with E-state index in [9.17, 15) is 14.0 Å². The van der Waals surface area contributed by atoms with Gasteiger partial charge in [0, 0.05) is 5.56 Å². The molecule has 0 radical (unpaired) electrons. The molecule has 0 bridgehead atoms. The molecule has 0 aliphatic heterocycles. The van der Waals surface area contributed by atoms with Crippen LogP contribution in [0.5, 0.6) is 0 Å². The molecular weight excluding hydrogens is 377 g/mol. The smallest absolute Gasteiger partial charge is 0.256 e. The van der Waals surface area contributed by atoms with Crippen LogP contribution < -0.4 is 11.1 Å². The molecule has 134 valence electrons. The zero-order valence-corrected chi connectivity index (χ0v) is 15.2. The first kappa shape index (κ1) is 18.2. The quantitative estimate of drug-likeness (QED) is 0.624. The van der Waals surface area contributed by atoms with Gasteiger partial charge in [0.2, 0.25) is 5.91 Å². The molecule has 9 heteroatoms. The highest BCUT2D eigenvalue weighted by molar-refractivity contribution is 8.00. The number of aromatic nitrogens is 1.